The van der Waals surface area contributed by atoms with Crippen molar-refractivity contribution in [1.82, 2.24) is 0 Å². The highest BCUT2D eigenvalue weighted by Crippen LogP contribution is 2.41. The summed E-state index contributed by atoms with van der Waals surface area (Å²) in [5.41, 5.74) is 4.22. The standard InChI is InChI=1S/C18H27NO/c1-13-8-9-15-14(12-13)6-5-11-19(15)16-7-4-10-18(2,3)17(16)20/h8-9,12,16-17,20H,4-7,10-11H2,1-3H3. The Morgan fingerprint density at radius 3 is 2.85 bits per heavy atom. The van der Waals surface area contributed by atoms with Crippen LogP contribution in [0.2, 0.25) is 0 Å². The van der Waals surface area contributed by atoms with Crippen molar-refractivity contribution < 1.29 is 5.11 Å². The van der Waals surface area contributed by atoms with Gasteiger partial charge in [0.15, 0.2) is 0 Å². The van der Waals surface area contributed by atoms with Gasteiger partial charge in [-0.25, -0.2) is 0 Å². The molecule has 1 heterocycles. The van der Waals surface area contributed by atoms with Crippen molar-refractivity contribution in [2.24, 2.45) is 5.41 Å². The first kappa shape index (κ1) is 13.9. The fraction of sp³-hybridized carbons (Fsp3) is 0.667. The Balaban J connectivity index is 1.92. The number of aliphatic hydroxyl groups is 1. The van der Waals surface area contributed by atoms with Crippen LogP contribution in [0.3, 0.4) is 0 Å². The molecule has 2 atom stereocenters. The van der Waals surface area contributed by atoms with Gasteiger partial charge in [0, 0.05) is 12.2 Å². The van der Waals surface area contributed by atoms with Crippen molar-refractivity contribution >= 4 is 5.69 Å². The van der Waals surface area contributed by atoms with Crippen LogP contribution in [0.15, 0.2) is 18.2 Å². The molecule has 0 amide bonds. The molecule has 1 aromatic carbocycles. The van der Waals surface area contributed by atoms with Gasteiger partial charge in [-0.15, -0.1) is 0 Å². The van der Waals surface area contributed by atoms with E-state index in [-0.39, 0.29) is 11.5 Å². The summed E-state index contributed by atoms with van der Waals surface area (Å²) in [6.07, 6.45) is 5.66. The molecule has 1 aromatic rings. The van der Waals surface area contributed by atoms with E-state index in [0.717, 1.165) is 19.4 Å². The number of fused-ring (bicyclic) bond motifs is 1. The van der Waals surface area contributed by atoms with Gasteiger partial charge in [-0.3, -0.25) is 0 Å². The minimum absolute atomic E-state index is 0.0468. The summed E-state index contributed by atoms with van der Waals surface area (Å²) < 4.78 is 0. The average Bonchev–Trinajstić information content (AvgIpc) is 2.41. The Morgan fingerprint density at radius 2 is 2.05 bits per heavy atom. The van der Waals surface area contributed by atoms with Gasteiger partial charge >= 0.3 is 0 Å². The van der Waals surface area contributed by atoms with E-state index in [4.69, 9.17) is 0 Å². The summed E-state index contributed by atoms with van der Waals surface area (Å²) in [5.74, 6) is 0. The topological polar surface area (TPSA) is 23.5 Å². The fourth-order valence-electron chi connectivity index (χ4n) is 4.02. The molecule has 110 valence electrons. The second-order valence-corrected chi connectivity index (χ2v) is 7.32. The van der Waals surface area contributed by atoms with E-state index >= 15 is 0 Å². The van der Waals surface area contributed by atoms with Crippen LogP contribution in [-0.4, -0.2) is 23.8 Å². The SMILES string of the molecule is Cc1ccc2c(c1)CCCN2C1CCCC(C)(C)C1O. The molecule has 0 aromatic heterocycles. The van der Waals surface area contributed by atoms with E-state index in [1.54, 1.807) is 0 Å². The van der Waals surface area contributed by atoms with Crippen molar-refractivity contribution in [2.75, 3.05) is 11.4 Å². The van der Waals surface area contributed by atoms with E-state index in [0.29, 0.717) is 6.04 Å². The molecule has 2 heteroatoms. The lowest BCUT2D eigenvalue weighted by molar-refractivity contribution is -0.00504. The zero-order chi connectivity index (χ0) is 14.3. The lowest BCUT2D eigenvalue weighted by Crippen LogP contribution is -2.53. The summed E-state index contributed by atoms with van der Waals surface area (Å²) >= 11 is 0. The Kier molecular flexibility index (Phi) is 3.53. The fourth-order valence-corrected chi connectivity index (χ4v) is 4.02. The smallest absolute Gasteiger partial charge is 0.0794 e. The van der Waals surface area contributed by atoms with Crippen molar-refractivity contribution in [3.05, 3.63) is 29.3 Å². The summed E-state index contributed by atoms with van der Waals surface area (Å²) in [6.45, 7) is 7.68. The lowest BCUT2D eigenvalue weighted by Gasteiger charge is -2.48. The van der Waals surface area contributed by atoms with Gasteiger partial charge in [-0.05, 0) is 49.7 Å². The Morgan fingerprint density at radius 1 is 1.25 bits per heavy atom. The van der Waals surface area contributed by atoms with Crippen molar-refractivity contribution in [3.8, 4) is 0 Å². The van der Waals surface area contributed by atoms with Gasteiger partial charge in [-0.2, -0.15) is 0 Å². The number of nitrogens with zero attached hydrogens (tertiary/aromatic N) is 1. The molecule has 20 heavy (non-hydrogen) atoms. The maximum atomic E-state index is 10.8. The van der Waals surface area contributed by atoms with Crippen LogP contribution in [0.4, 0.5) is 5.69 Å². The molecule has 2 nitrogen and oxygen atoms in total. The Labute approximate surface area is 122 Å². The molecule has 2 aliphatic rings. The molecule has 1 aliphatic heterocycles. The lowest BCUT2D eigenvalue weighted by atomic mass is 9.71. The second-order valence-electron chi connectivity index (χ2n) is 7.32. The van der Waals surface area contributed by atoms with E-state index < -0.39 is 0 Å². The number of rotatable bonds is 1. The molecule has 0 bridgehead atoms. The predicted molar refractivity (Wildman–Crippen MR) is 84.3 cm³/mol. The average molecular weight is 273 g/mol. The highest BCUT2D eigenvalue weighted by molar-refractivity contribution is 5.57. The van der Waals surface area contributed by atoms with Crippen molar-refractivity contribution in [3.63, 3.8) is 0 Å². The van der Waals surface area contributed by atoms with E-state index in [9.17, 15) is 5.11 Å². The third kappa shape index (κ3) is 2.35. The second kappa shape index (κ2) is 5.07. The van der Waals surface area contributed by atoms with Crippen LogP contribution in [0.5, 0.6) is 0 Å². The molecule has 1 saturated carbocycles. The highest BCUT2D eigenvalue weighted by Gasteiger charge is 2.41. The summed E-state index contributed by atoms with van der Waals surface area (Å²) in [7, 11) is 0. The predicted octanol–water partition coefficient (Wildman–Crippen LogP) is 3.69. The quantitative estimate of drug-likeness (QED) is 0.843. The van der Waals surface area contributed by atoms with E-state index in [1.807, 2.05) is 0 Å². The first-order valence-electron chi connectivity index (χ1n) is 8.03. The molecule has 2 unspecified atom stereocenters. The number of hydrogen-bond donors (Lipinski definition) is 1. The number of aliphatic hydroxyl groups excluding tert-OH is 1. The number of benzene rings is 1. The monoisotopic (exact) mass is 273 g/mol. The van der Waals surface area contributed by atoms with Crippen molar-refractivity contribution in [2.45, 2.75) is 65.0 Å². The summed E-state index contributed by atoms with van der Waals surface area (Å²) in [5, 5.41) is 10.8. The zero-order valence-corrected chi connectivity index (χ0v) is 13.0. The van der Waals surface area contributed by atoms with Crippen LogP contribution in [-0.2, 0) is 6.42 Å². The molecule has 0 spiro atoms. The van der Waals surface area contributed by atoms with Crippen LogP contribution in [0.25, 0.3) is 0 Å². The van der Waals surface area contributed by atoms with E-state index in [2.05, 4.69) is 43.9 Å². The first-order valence-corrected chi connectivity index (χ1v) is 8.03. The summed E-state index contributed by atoms with van der Waals surface area (Å²) in [6, 6.07) is 7.08. The first-order chi connectivity index (χ1) is 9.49. The van der Waals surface area contributed by atoms with E-state index in [1.165, 1.54) is 36.1 Å². The van der Waals surface area contributed by atoms with Gasteiger partial charge in [-0.1, -0.05) is 38.0 Å². The van der Waals surface area contributed by atoms with Crippen LogP contribution >= 0.6 is 0 Å². The Hall–Kier alpha value is -1.02. The molecule has 0 radical (unpaired) electrons. The third-order valence-electron chi connectivity index (χ3n) is 5.28. The minimum Gasteiger partial charge on any atom is -0.390 e. The highest BCUT2D eigenvalue weighted by atomic mass is 16.3. The number of anilines is 1. The molecule has 3 rings (SSSR count). The van der Waals surface area contributed by atoms with Gasteiger partial charge < -0.3 is 10.0 Å². The summed E-state index contributed by atoms with van der Waals surface area (Å²) in [4.78, 5) is 2.49. The Bertz CT molecular complexity index is 494. The molecule has 0 saturated heterocycles. The molecule has 1 fully saturated rings. The van der Waals surface area contributed by atoms with Crippen LogP contribution in [0, 0.1) is 12.3 Å². The third-order valence-corrected chi connectivity index (χ3v) is 5.28. The minimum atomic E-state index is -0.219. The van der Waals surface area contributed by atoms with Crippen molar-refractivity contribution in [1.29, 1.82) is 0 Å². The zero-order valence-electron chi connectivity index (χ0n) is 13.0. The van der Waals surface area contributed by atoms with Gasteiger partial charge in [0.05, 0.1) is 12.1 Å². The normalized spacial score (nSPS) is 29.1. The largest absolute Gasteiger partial charge is 0.390 e. The van der Waals surface area contributed by atoms with Gasteiger partial charge in [0.25, 0.3) is 0 Å². The molecule has 1 aliphatic carbocycles. The number of hydrogen-bond acceptors (Lipinski definition) is 2. The maximum absolute atomic E-state index is 10.8. The van der Waals surface area contributed by atoms with Crippen LogP contribution < -0.4 is 4.90 Å². The molecular weight excluding hydrogens is 246 g/mol. The maximum Gasteiger partial charge on any atom is 0.0794 e. The van der Waals surface area contributed by atoms with Gasteiger partial charge in [0.1, 0.15) is 0 Å². The molecular formula is C18H27NO. The number of aryl methyl sites for hydroxylation is 2. The van der Waals surface area contributed by atoms with Crippen LogP contribution in [0.1, 0.15) is 50.7 Å². The molecule has 1 N–H and O–H groups in total. The van der Waals surface area contributed by atoms with Gasteiger partial charge in [0.2, 0.25) is 0 Å².